The molecule has 0 unspecified atom stereocenters. The smallest absolute Gasteiger partial charge is 0.160 e. The molecule has 0 radical (unpaired) electrons. The van der Waals surface area contributed by atoms with Crippen molar-refractivity contribution in [1.29, 1.82) is 5.26 Å². The number of nitriles is 1. The Balaban J connectivity index is 1.05. The molecule has 62 heavy (non-hydrogen) atoms. The van der Waals surface area contributed by atoms with Crippen molar-refractivity contribution in [3.63, 3.8) is 0 Å². The fourth-order valence-corrected chi connectivity index (χ4v) is 8.86. The first-order valence-corrected chi connectivity index (χ1v) is 20.9. The van der Waals surface area contributed by atoms with Gasteiger partial charge in [0, 0.05) is 16.7 Å². The third-order valence-electron chi connectivity index (χ3n) is 11.9. The molecule has 1 heterocycles. The molecule has 0 saturated heterocycles. The van der Waals surface area contributed by atoms with Gasteiger partial charge in [-0.05, 0) is 119 Å². The van der Waals surface area contributed by atoms with Gasteiger partial charge in [-0.2, -0.15) is 5.26 Å². The minimum Gasteiger partial charge on any atom is -0.228 e. The zero-order valence-corrected chi connectivity index (χ0v) is 33.7. The summed E-state index contributed by atoms with van der Waals surface area (Å²) in [6, 6.07) is 81.2. The average Bonchev–Trinajstić information content (AvgIpc) is 3.36. The summed E-state index contributed by atoms with van der Waals surface area (Å²) in [5.41, 5.74) is 14.2. The van der Waals surface area contributed by atoms with Crippen molar-refractivity contribution in [2.24, 2.45) is 0 Å². The lowest BCUT2D eigenvalue weighted by Gasteiger charge is -2.15. The molecule has 3 heteroatoms. The molecule has 3 nitrogen and oxygen atoms in total. The Morgan fingerprint density at radius 1 is 0.306 bits per heavy atom. The molecule has 11 aromatic rings. The standard InChI is InChI=1S/C59H37N3/c60-38-39-27-29-40(30-28-39)43-17-10-20-47(33-43)56-37-57(53-26-9-8-23-50(53)41-13-2-1-3-14-41)62-59(61-56)49-22-12-19-45(35-49)44-18-11-21-48(34-44)58-52-25-7-5-16-46(52)36-55-51-24-6-4-15-42(51)31-32-54(55)58/h1-37H. The Morgan fingerprint density at radius 2 is 0.871 bits per heavy atom. The summed E-state index contributed by atoms with van der Waals surface area (Å²) in [6.07, 6.45) is 0. The monoisotopic (exact) mass is 787 g/mol. The number of rotatable bonds is 7. The quantitative estimate of drug-likeness (QED) is 0.119. The molecule has 0 aliphatic heterocycles. The summed E-state index contributed by atoms with van der Waals surface area (Å²) in [5, 5.41) is 16.9. The summed E-state index contributed by atoms with van der Waals surface area (Å²) in [4.78, 5) is 10.6. The summed E-state index contributed by atoms with van der Waals surface area (Å²) in [6.45, 7) is 0. The van der Waals surface area contributed by atoms with Gasteiger partial charge >= 0.3 is 0 Å². The van der Waals surface area contributed by atoms with Crippen LogP contribution in [0.15, 0.2) is 224 Å². The van der Waals surface area contributed by atoms with E-state index in [9.17, 15) is 5.26 Å². The molecule has 288 valence electrons. The summed E-state index contributed by atoms with van der Waals surface area (Å²) >= 11 is 0. The van der Waals surface area contributed by atoms with Crippen LogP contribution in [0.25, 0.3) is 111 Å². The number of fused-ring (bicyclic) bond motifs is 4. The van der Waals surface area contributed by atoms with E-state index in [-0.39, 0.29) is 0 Å². The van der Waals surface area contributed by atoms with Crippen LogP contribution in [0.3, 0.4) is 0 Å². The molecule has 0 amide bonds. The Kier molecular flexibility index (Phi) is 9.23. The van der Waals surface area contributed by atoms with Crippen LogP contribution in [0.4, 0.5) is 0 Å². The predicted octanol–water partition coefficient (Wildman–Crippen LogP) is 15.5. The highest BCUT2D eigenvalue weighted by atomic mass is 14.9. The number of hydrogen-bond donors (Lipinski definition) is 0. The fraction of sp³-hybridized carbons (Fsp3) is 0. The molecule has 11 rings (SSSR count). The minimum absolute atomic E-state index is 0.636. The molecule has 0 aliphatic rings. The lowest BCUT2D eigenvalue weighted by Crippen LogP contribution is -1.97. The second-order valence-electron chi connectivity index (χ2n) is 15.7. The van der Waals surface area contributed by atoms with E-state index in [2.05, 4.69) is 200 Å². The van der Waals surface area contributed by atoms with Crippen LogP contribution < -0.4 is 0 Å². The third kappa shape index (κ3) is 6.76. The van der Waals surface area contributed by atoms with Crippen molar-refractivity contribution >= 4 is 32.3 Å². The van der Waals surface area contributed by atoms with E-state index < -0.39 is 0 Å². The Labute approximate surface area is 360 Å². The summed E-state index contributed by atoms with van der Waals surface area (Å²) in [7, 11) is 0. The van der Waals surface area contributed by atoms with Gasteiger partial charge in [-0.3, -0.25) is 0 Å². The molecule has 0 aliphatic carbocycles. The Hall–Kier alpha value is -8.45. The van der Waals surface area contributed by atoms with Gasteiger partial charge in [0.1, 0.15) is 0 Å². The molecule has 0 spiro atoms. The third-order valence-corrected chi connectivity index (χ3v) is 11.9. The lowest BCUT2D eigenvalue weighted by molar-refractivity contribution is 1.18. The minimum atomic E-state index is 0.636. The molecule has 0 fully saturated rings. The Bertz CT molecular complexity index is 3530. The second-order valence-corrected chi connectivity index (χ2v) is 15.7. The van der Waals surface area contributed by atoms with E-state index >= 15 is 0 Å². The highest BCUT2D eigenvalue weighted by Crippen LogP contribution is 2.41. The van der Waals surface area contributed by atoms with Crippen LogP contribution >= 0.6 is 0 Å². The van der Waals surface area contributed by atoms with E-state index in [1.54, 1.807) is 0 Å². The normalized spacial score (nSPS) is 11.2. The molecular weight excluding hydrogens is 751 g/mol. The van der Waals surface area contributed by atoms with Gasteiger partial charge in [-0.25, -0.2) is 9.97 Å². The largest absolute Gasteiger partial charge is 0.228 e. The molecule has 0 N–H and O–H groups in total. The van der Waals surface area contributed by atoms with Crippen LogP contribution in [0.5, 0.6) is 0 Å². The zero-order valence-electron chi connectivity index (χ0n) is 33.7. The van der Waals surface area contributed by atoms with Crippen molar-refractivity contribution in [2.75, 3.05) is 0 Å². The van der Waals surface area contributed by atoms with Crippen LogP contribution in [-0.4, -0.2) is 9.97 Å². The first kappa shape index (κ1) is 36.6. The van der Waals surface area contributed by atoms with Crippen molar-refractivity contribution in [3.8, 4) is 84.5 Å². The van der Waals surface area contributed by atoms with Crippen molar-refractivity contribution in [1.82, 2.24) is 9.97 Å². The van der Waals surface area contributed by atoms with Gasteiger partial charge in [0.15, 0.2) is 5.82 Å². The molecule has 0 bridgehead atoms. The maximum absolute atomic E-state index is 9.40. The topological polar surface area (TPSA) is 49.6 Å². The van der Waals surface area contributed by atoms with Crippen LogP contribution in [0, 0.1) is 11.3 Å². The van der Waals surface area contributed by atoms with Crippen LogP contribution in [-0.2, 0) is 0 Å². The second kappa shape index (κ2) is 15.6. The first-order chi connectivity index (χ1) is 30.7. The molecule has 1 aromatic heterocycles. The van der Waals surface area contributed by atoms with Crippen LogP contribution in [0.1, 0.15) is 5.56 Å². The number of aromatic nitrogens is 2. The van der Waals surface area contributed by atoms with Gasteiger partial charge in [-0.15, -0.1) is 0 Å². The van der Waals surface area contributed by atoms with E-state index in [0.29, 0.717) is 11.4 Å². The van der Waals surface area contributed by atoms with Gasteiger partial charge in [0.25, 0.3) is 0 Å². The first-order valence-electron chi connectivity index (χ1n) is 20.9. The molecular formula is C59H37N3. The van der Waals surface area contributed by atoms with E-state index in [1.165, 1.54) is 43.4 Å². The summed E-state index contributed by atoms with van der Waals surface area (Å²) < 4.78 is 0. The van der Waals surface area contributed by atoms with Gasteiger partial charge in [0.05, 0.1) is 23.0 Å². The van der Waals surface area contributed by atoms with Crippen LogP contribution in [0.2, 0.25) is 0 Å². The molecule has 0 atom stereocenters. The number of nitrogens with zero attached hydrogens (tertiary/aromatic N) is 3. The SMILES string of the molecule is N#Cc1ccc(-c2cccc(-c3cc(-c4ccccc4-c4ccccc4)nc(-c4cccc(-c5cccc(-c6c7ccccc7cc7c6ccc6ccccc67)c5)c4)n3)c2)cc1. The molecule has 10 aromatic carbocycles. The average molecular weight is 788 g/mol. The fourth-order valence-electron chi connectivity index (χ4n) is 8.86. The number of hydrogen-bond acceptors (Lipinski definition) is 3. The highest BCUT2D eigenvalue weighted by Gasteiger charge is 2.17. The highest BCUT2D eigenvalue weighted by molar-refractivity contribution is 6.20. The zero-order chi connectivity index (χ0) is 41.4. The van der Waals surface area contributed by atoms with Crippen molar-refractivity contribution in [3.05, 3.63) is 230 Å². The molecule has 0 saturated carbocycles. The lowest BCUT2D eigenvalue weighted by atomic mass is 9.88. The van der Waals surface area contributed by atoms with Crippen molar-refractivity contribution in [2.45, 2.75) is 0 Å². The summed E-state index contributed by atoms with van der Waals surface area (Å²) in [5.74, 6) is 0.647. The van der Waals surface area contributed by atoms with E-state index in [4.69, 9.17) is 9.97 Å². The predicted molar refractivity (Wildman–Crippen MR) is 257 cm³/mol. The van der Waals surface area contributed by atoms with E-state index in [0.717, 1.165) is 61.5 Å². The van der Waals surface area contributed by atoms with Crippen molar-refractivity contribution < 1.29 is 0 Å². The van der Waals surface area contributed by atoms with Gasteiger partial charge < -0.3 is 0 Å². The maximum atomic E-state index is 9.40. The van der Waals surface area contributed by atoms with Gasteiger partial charge in [-0.1, -0.05) is 182 Å². The Morgan fingerprint density at radius 3 is 1.65 bits per heavy atom. The van der Waals surface area contributed by atoms with Gasteiger partial charge in [0.2, 0.25) is 0 Å². The van der Waals surface area contributed by atoms with E-state index in [1.807, 2.05) is 30.3 Å². The maximum Gasteiger partial charge on any atom is 0.160 e. The number of benzene rings is 10.